The number of halogens is 4. The maximum atomic E-state index is 17.8. The van der Waals surface area contributed by atoms with E-state index in [1.54, 1.807) is 34.0 Å². The molecule has 4 nitrogen and oxygen atoms in total. The maximum absolute atomic E-state index is 17.8. The molecule has 0 amide bonds. The molecule has 2 aliphatic heterocycles. The minimum Gasteiger partial charge on any atom is -0.481 e. The summed E-state index contributed by atoms with van der Waals surface area (Å²) in [5, 5.41) is 0. The molecule has 2 aliphatic rings. The van der Waals surface area contributed by atoms with E-state index in [1.165, 1.54) is 294 Å². The van der Waals surface area contributed by atoms with Gasteiger partial charge in [0.25, 0.3) is 0 Å². The van der Waals surface area contributed by atoms with Crippen LogP contribution in [0.15, 0.2) is 31.8 Å². The molecule has 13 heteroatoms. The van der Waals surface area contributed by atoms with Crippen LogP contribution in [0.5, 0.6) is 11.5 Å². The Labute approximate surface area is 594 Å². The molecule has 514 valence electrons. The third-order valence-electron chi connectivity index (χ3n) is 20.4. The summed E-state index contributed by atoms with van der Waals surface area (Å²) < 4.78 is 61.5. The van der Waals surface area contributed by atoms with Crippen molar-refractivity contribution in [3.8, 4) is 51.9 Å². The van der Waals surface area contributed by atoms with Crippen molar-refractivity contribution in [2.45, 2.75) is 366 Å². The Bertz CT molecular complexity index is 2980. The number of thiophene rings is 4. The first-order valence-electron chi connectivity index (χ1n) is 38.0. The lowest BCUT2D eigenvalue weighted by atomic mass is 9.81. The van der Waals surface area contributed by atoms with E-state index >= 15 is 8.78 Å². The molecule has 0 fully saturated rings. The number of unbranched alkanes of at least 4 members (excludes halogenated alkanes) is 45. The van der Waals surface area contributed by atoms with E-state index in [0.29, 0.717) is 20.8 Å². The molecule has 0 N–H and O–H groups in total. The fraction of sp³-hybridized carbons (Fsp3) is 0.722. The lowest BCUT2D eigenvalue weighted by Crippen LogP contribution is -2.35. The van der Waals surface area contributed by atoms with Crippen LogP contribution >= 0.6 is 88.9 Å². The van der Waals surface area contributed by atoms with E-state index in [9.17, 15) is 0 Å². The topological polar surface area (TPSA) is 44.2 Å². The molecule has 8 rings (SSSR count). The van der Waals surface area contributed by atoms with Gasteiger partial charge in [-0.25, -0.2) is 8.78 Å². The zero-order valence-corrected chi connectivity index (χ0v) is 64.9. The van der Waals surface area contributed by atoms with E-state index in [-0.39, 0.29) is 11.1 Å². The Balaban J connectivity index is 0.934. The van der Waals surface area contributed by atoms with Gasteiger partial charge in [-0.15, -0.1) is 45.3 Å². The molecular formula is C79H118Br2F2N2O2S5. The summed E-state index contributed by atoms with van der Waals surface area (Å²) in [5.41, 5.74) is 2.27. The van der Waals surface area contributed by atoms with Gasteiger partial charge in [0.15, 0.2) is 11.6 Å². The SMILES string of the molecule is CCCCCCCCCCCCCCCCCCC1(C)Oc2cc(Br)sc2-c2sc(-c3c(F)c(F)c(-c4cc5c(s4)-c4sc(Br)cc4OC5(CCCCCCCCCCCCCCCCCC)CCCCCCCCCCCCCCCCCC)c4nsnc34)cc21. The quantitative estimate of drug-likeness (QED) is 0.0357. The predicted octanol–water partition coefficient (Wildman–Crippen LogP) is 31.6. The highest BCUT2D eigenvalue weighted by Crippen LogP contribution is 2.60. The van der Waals surface area contributed by atoms with Gasteiger partial charge in [-0.3, -0.25) is 0 Å². The Hall–Kier alpha value is -1.74. The zero-order valence-electron chi connectivity index (χ0n) is 57.6. The van der Waals surface area contributed by atoms with E-state index in [2.05, 4.69) is 83.8 Å². The first-order chi connectivity index (χ1) is 45.1. The van der Waals surface area contributed by atoms with Crippen molar-refractivity contribution in [2.24, 2.45) is 0 Å². The highest BCUT2D eigenvalue weighted by atomic mass is 79.9. The van der Waals surface area contributed by atoms with E-state index in [4.69, 9.17) is 18.2 Å². The summed E-state index contributed by atoms with van der Waals surface area (Å²) in [7, 11) is 0. The summed E-state index contributed by atoms with van der Waals surface area (Å²) in [5.74, 6) is 0.0522. The molecule has 0 radical (unpaired) electrons. The van der Waals surface area contributed by atoms with Crippen molar-refractivity contribution in [3.63, 3.8) is 0 Å². The standard InChI is InChI=1S/C79H118Br2F2N2O2S5/c1-5-8-11-14-17-20-23-26-29-32-35-38-41-44-47-50-53-78(4)60-56-64(88-74(60)76-62(86-78)58-66(80)90-76)68-70(82)71(83)69(73-72(68)84-92-85-73)65-57-61-75(89-65)77-63(59-67(81)91-77)87-79(61,54-51-48-45-42-39-36-33-30-27-24-21-18-15-12-9-6-2)55-52-49-46-43-40-37-34-31-28-25-22-19-16-13-10-7-3/h56-59H,5-55H2,1-4H3. The van der Waals surface area contributed by atoms with Crippen LogP contribution in [-0.4, -0.2) is 8.75 Å². The fourth-order valence-corrected chi connectivity index (χ4v) is 21.3. The Morgan fingerprint density at radius 2 is 0.630 bits per heavy atom. The summed E-state index contributed by atoms with van der Waals surface area (Å²) in [6, 6.07) is 8.48. The number of nitrogens with zero attached hydrogens (tertiary/aromatic N) is 2. The van der Waals surface area contributed by atoms with Crippen LogP contribution in [0.25, 0.3) is 51.4 Å². The van der Waals surface area contributed by atoms with Crippen molar-refractivity contribution in [2.75, 3.05) is 0 Å². The molecular weight excluding hydrogens is 1370 g/mol. The minimum absolute atomic E-state index is 0.201. The Morgan fingerprint density at radius 3 is 0.967 bits per heavy atom. The van der Waals surface area contributed by atoms with Crippen LogP contribution in [0.4, 0.5) is 8.78 Å². The van der Waals surface area contributed by atoms with Gasteiger partial charge in [0.2, 0.25) is 0 Å². The van der Waals surface area contributed by atoms with E-state index in [0.717, 1.165) is 106 Å². The number of benzene rings is 1. The third-order valence-corrected chi connectivity index (χ3v) is 26.8. The first kappa shape index (κ1) is 76.0. The normalized spacial score (nSPS) is 14.9. The summed E-state index contributed by atoms with van der Waals surface area (Å²) in [4.78, 5) is 5.65. The van der Waals surface area contributed by atoms with Gasteiger partial charge in [-0.05, 0) is 89.4 Å². The van der Waals surface area contributed by atoms with Crippen molar-refractivity contribution < 1.29 is 18.3 Å². The van der Waals surface area contributed by atoms with Gasteiger partial charge < -0.3 is 9.47 Å². The van der Waals surface area contributed by atoms with Crippen molar-refractivity contribution in [1.82, 2.24) is 8.75 Å². The molecule has 0 spiro atoms. The van der Waals surface area contributed by atoms with Crippen LogP contribution in [0.3, 0.4) is 0 Å². The Morgan fingerprint density at radius 1 is 0.348 bits per heavy atom. The van der Waals surface area contributed by atoms with Crippen molar-refractivity contribution >= 4 is 100.0 Å². The van der Waals surface area contributed by atoms with Gasteiger partial charge >= 0.3 is 0 Å². The lowest BCUT2D eigenvalue weighted by molar-refractivity contribution is 0.0397. The smallest absolute Gasteiger partial charge is 0.170 e. The molecule has 0 saturated carbocycles. The third kappa shape index (κ3) is 22.9. The molecule has 1 atom stereocenters. The average Bonchev–Trinajstić information content (AvgIpc) is 1.56. The maximum Gasteiger partial charge on any atom is 0.170 e. The summed E-state index contributed by atoms with van der Waals surface area (Å²) in [6.07, 6.45) is 66.5. The van der Waals surface area contributed by atoms with E-state index in [1.807, 2.05) is 0 Å². The van der Waals surface area contributed by atoms with Crippen LogP contribution in [-0.2, 0) is 11.2 Å². The molecule has 0 aliphatic carbocycles. The number of fused-ring (bicyclic) bond motifs is 7. The molecule has 0 saturated heterocycles. The number of aromatic nitrogens is 2. The molecule has 92 heavy (non-hydrogen) atoms. The van der Waals surface area contributed by atoms with Crippen molar-refractivity contribution in [1.29, 1.82) is 0 Å². The lowest BCUT2D eigenvalue weighted by Gasteiger charge is -2.38. The second kappa shape index (κ2) is 42.3. The highest BCUT2D eigenvalue weighted by Gasteiger charge is 2.44. The molecule has 6 aromatic rings. The molecule has 5 aromatic heterocycles. The zero-order chi connectivity index (χ0) is 64.6. The minimum atomic E-state index is -0.860. The number of rotatable bonds is 53. The Kier molecular flexibility index (Phi) is 34.9. The second-order valence-corrected chi connectivity index (χ2v) is 35.6. The van der Waals surface area contributed by atoms with Gasteiger partial charge in [0.05, 0.1) is 49.9 Å². The summed E-state index contributed by atoms with van der Waals surface area (Å²) in [6.45, 7) is 9.09. The highest BCUT2D eigenvalue weighted by molar-refractivity contribution is 9.11. The number of hydrogen-bond donors (Lipinski definition) is 0. The molecule has 1 aromatic carbocycles. The van der Waals surface area contributed by atoms with Gasteiger partial charge in [-0.1, -0.05) is 310 Å². The largest absolute Gasteiger partial charge is 0.481 e. The first-order valence-corrected chi connectivity index (χ1v) is 43.6. The van der Waals surface area contributed by atoms with E-state index < -0.39 is 22.8 Å². The van der Waals surface area contributed by atoms with Gasteiger partial charge in [-0.2, -0.15) is 8.75 Å². The number of hydrogen-bond acceptors (Lipinski definition) is 9. The second-order valence-electron chi connectivity index (χ2n) is 28.1. The molecule has 7 heterocycles. The van der Waals surface area contributed by atoms with Crippen LogP contribution in [0.2, 0.25) is 0 Å². The molecule has 1 unspecified atom stereocenters. The average molecular weight is 1490 g/mol. The fourth-order valence-electron chi connectivity index (χ4n) is 14.8. The molecule has 0 bridgehead atoms. The monoisotopic (exact) mass is 1480 g/mol. The number of ether oxygens (including phenoxy) is 2. The van der Waals surface area contributed by atoms with Crippen LogP contribution in [0.1, 0.15) is 366 Å². The predicted molar refractivity (Wildman–Crippen MR) is 409 cm³/mol. The van der Waals surface area contributed by atoms with Crippen LogP contribution in [0, 0.1) is 11.6 Å². The van der Waals surface area contributed by atoms with Crippen molar-refractivity contribution in [3.05, 3.63) is 54.6 Å². The van der Waals surface area contributed by atoms with Gasteiger partial charge in [0.1, 0.15) is 33.7 Å². The summed E-state index contributed by atoms with van der Waals surface area (Å²) >= 11 is 15.1. The van der Waals surface area contributed by atoms with Crippen LogP contribution < -0.4 is 9.47 Å². The van der Waals surface area contributed by atoms with Gasteiger partial charge in [0, 0.05) is 33.0 Å².